The second-order valence-corrected chi connectivity index (χ2v) is 5.03. The van der Waals surface area contributed by atoms with E-state index in [0.717, 1.165) is 25.9 Å². The monoisotopic (exact) mass is 296 g/mol. The van der Waals surface area contributed by atoms with Crippen LogP contribution in [0.15, 0.2) is 0 Å². The molecule has 1 atom stereocenters. The Hall–Kier alpha value is -1.63. The highest BCUT2D eigenvalue weighted by Crippen LogP contribution is 2.11. The molecular formula is C14H28N6O. The van der Waals surface area contributed by atoms with Crippen molar-refractivity contribution in [1.29, 1.82) is 0 Å². The first-order chi connectivity index (χ1) is 10.1. The topological polar surface area (TPSA) is 75.2 Å². The van der Waals surface area contributed by atoms with Crippen LogP contribution in [-0.2, 0) is 0 Å². The number of ether oxygens (including phenoxy) is 1. The molecule has 0 saturated heterocycles. The highest BCUT2D eigenvalue weighted by molar-refractivity contribution is 5.35. The van der Waals surface area contributed by atoms with Crippen molar-refractivity contribution in [3.8, 4) is 6.01 Å². The summed E-state index contributed by atoms with van der Waals surface area (Å²) in [6, 6.07) is 0.926. The number of anilines is 2. The first-order valence-corrected chi connectivity index (χ1v) is 7.61. The smallest absolute Gasteiger partial charge is 0.323 e. The molecule has 0 aliphatic carbocycles. The van der Waals surface area contributed by atoms with Crippen molar-refractivity contribution in [3.05, 3.63) is 0 Å². The molecule has 0 spiro atoms. The molecule has 120 valence electrons. The number of aromatic nitrogens is 3. The zero-order valence-corrected chi connectivity index (χ0v) is 13.8. The van der Waals surface area contributed by atoms with E-state index >= 15 is 0 Å². The van der Waals surface area contributed by atoms with Gasteiger partial charge in [-0.15, -0.1) is 0 Å². The molecule has 1 rings (SSSR count). The molecule has 7 heteroatoms. The van der Waals surface area contributed by atoms with E-state index in [-0.39, 0.29) is 0 Å². The van der Waals surface area contributed by atoms with Crippen LogP contribution >= 0.6 is 0 Å². The summed E-state index contributed by atoms with van der Waals surface area (Å²) in [6.45, 7) is 8.77. The quantitative estimate of drug-likeness (QED) is 0.682. The van der Waals surface area contributed by atoms with Gasteiger partial charge in [0, 0.05) is 26.2 Å². The van der Waals surface area contributed by atoms with Crippen LogP contribution in [0.2, 0.25) is 0 Å². The van der Waals surface area contributed by atoms with Gasteiger partial charge in [-0.05, 0) is 26.8 Å². The van der Waals surface area contributed by atoms with E-state index < -0.39 is 0 Å². The van der Waals surface area contributed by atoms with E-state index in [2.05, 4.69) is 51.4 Å². The molecule has 0 aromatic carbocycles. The Morgan fingerprint density at radius 3 is 2.52 bits per heavy atom. The fourth-order valence-electron chi connectivity index (χ4n) is 1.68. The van der Waals surface area contributed by atoms with E-state index in [9.17, 15) is 0 Å². The summed E-state index contributed by atoms with van der Waals surface area (Å²) in [5.74, 6) is 1.05. The third-order valence-electron chi connectivity index (χ3n) is 3.36. The predicted molar refractivity (Wildman–Crippen MR) is 86.0 cm³/mol. The van der Waals surface area contributed by atoms with Gasteiger partial charge in [0.25, 0.3) is 0 Å². The first kappa shape index (κ1) is 17.4. The van der Waals surface area contributed by atoms with E-state index in [1.165, 1.54) is 0 Å². The Labute approximate surface area is 127 Å². The number of hydrogen-bond donors (Lipinski definition) is 2. The van der Waals surface area contributed by atoms with Gasteiger partial charge < -0.3 is 20.3 Å². The Morgan fingerprint density at radius 2 is 1.90 bits per heavy atom. The van der Waals surface area contributed by atoms with Gasteiger partial charge in [0.2, 0.25) is 11.9 Å². The van der Waals surface area contributed by atoms with Gasteiger partial charge in [0.15, 0.2) is 0 Å². The van der Waals surface area contributed by atoms with E-state index in [4.69, 9.17) is 4.74 Å². The molecule has 0 aliphatic rings. The lowest BCUT2D eigenvalue weighted by Crippen LogP contribution is -2.33. The Kier molecular flexibility index (Phi) is 7.74. The second kappa shape index (κ2) is 9.33. The average Bonchev–Trinajstić information content (AvgIpc) is 2.51. The van der Waals surface area contributed by atoms with Crippen molar-refractivity contribution in [1.82, 2.24) is 19.9 Å². The lowest BCUT2D eigenvalue weighted by atomic mass is 10.2. The van der Waals surface area contributed by atoms with E-state index in [0.29, 0.717) is 30.6 Å². The Bertz CT molecular complexity index is 414. The van der Waals surface area contributed by atoms with Crippen molar-refractivity contribution in [2.24, 2.45) is 0 Å². The van der Waals surface area contributed by atoms with Crippen molar-refractivity contribution in [2.75, 3.05) is 44.4 Å². The maximum atomic E-state index is 5.47. The molecule has 0 radical (unpaired) electrons. The van der Waals surface area contributed by atoms with Crippen molar-refractivity contribution in [3.63, 3.8) is 0 Å². The number of nitrogens with one attached hydrogen (secondary N) is 2. The number of nitrogens with zero attached hydrogens (tertiary/aromatic N) is 4. The van der Waals surface area contributed by atoms with E-state index in [1.54, 1.807) is 7.05 Å². The average molecular weight is 296 g/mol. The van der Waals surface area contributed by atoms with E-state index in [1.807, 2.05) is 6.92 Å². The largest absolute Gasteiger partial charge is 0.463 e. The SMILES string of the molecule is CCCOc1nc(NC)nc(NCCN(C)C(C)CC)n1. The Balaban J connectivity index is 2.57. The molecule has 0 aliphatic heterocycles. The van der Waals surface area contributed by atoms with Crippen molar-refractivity contribution >= 4 is 11.9 Å². The molecule has 0 fully saturated rings. The van der Waals surface area contributed by atoms with Crippen LogP contribution in [0, 0.1) is 0 Å². The summed E-state index contributed by atoms with van der Waals surface area (Å²) < 4.78 is 5.47. The second-order valence-electron chi connectivity index (χ2n) is 5.03. The van der Waals surface area contributed by atoms with Gasteiger partial charge >= 0.3 is 6.01 Å². The van der Waals surface area contributed by atoms with Crippen LogP contribution in [-0.4, -0.2) is 59.7 Å². The summed E-state index contributed by atoms with van der Waals surface area (Å²) in [5.41, 5.74) is 0. The normalized spacial score (nSPS) is 12.3. The zero-order chi connectivity index (χ0) is 15.7. The zero-order valence-electron chi connectivity index (χ0n) is 13.8. The van der Waals surface area contributed by atoms with Gasteiger partial charge in [0.05, 0.1) is 6.61 Å². The molecule has 1 unspecified atom stereocenters. The van der Waals surface area contributed by atoms with Gasteiger partial charge in [0.1, 0.15) is 0 Å². The van der Waals surface area contributed by atoms with Gasteiger partial charge in [-0.3, -0.25) is 0 Å². The van der Waals surface area contributed by atoms with Gasteiger partial charge in [-0.25, -0.2) is 0 Å². The van der Waals surface area contributed by atoms with Crippen LogP contribution in [0.5, 0.6) is 6.01 Å². The van der Waals surface area contributed by atoms with Crippen molar-refractivity contribution < 1.29 is 4.74 Å². The highest BCUT2D eigenvalue weighted by atomic mass is 16.5. The summed E-state index contributed by atoms with van der Waals surface area (Å²) >= 11 is 0. The molecule has 0 amide bonds. The third kappa shape index (κ3) is 6.12. The Morgan fingerprint density at radius 1 is 1.19 bits per heavy atom. The fraction of sp³-hybridized carbons (Fsp3) is 0.786. The minimum Gasteiger partial charge on any atom is -0.463 e. The van der Waals surface area contributed by atoms with Crippen LogP contribution in [0.4, 0.5) is 11.9 Å². The summed E-state index contributed by atoms with van der Waals surface area (Å²) in [6.07, 6.45) is 2.06. The molecule has 0 saturated carbocycles. The number of likely N-dealkylation sites (N-methyl/N-ethyl adjacent to an activating group) is 1. The fourth-order valence-corrected chi connectivity index (χ4v) is 1.68. The molecule has 7 nitrogen and oxygen atoms in total. The summed E-state index contributed by atoms with van der Waals surface area (Å²) in [7, 11) is 3.90. The highest BCUT2D eigenvalue weighted by Gasteiger charge is 2.08. The molecule has 2 N–H and O–H groups in total. The number of rotatable bonds is 10. The lowest BCUT2D eigenvalue weighted by Gasteiger charge is -2.23. The maximum Gasteiger partial charge on any atom is 0.323 e. The molecule has 1 heterocycles. The van der Waals surface area contributed by atoms with Crippen LogP contribution < -0.4 is 15.4 Å². The van der Waals surface area contributed by atoms with Gasteiger partial charge in [-0.2, -0.15) is 15.0 Å². The molecule has 0 bridgehead atoms. The third-order valence-corrected chi connectivity index (χ3v) is 3.36. The van der Waals surface area contributed by atoms with Crippen LogP contribution in [0.1, 0.15) is 33.6 Å². The summed E-state index contributed by atoms with van der Waals surface area (Å²) in [5, 5.41) is 6.14. The predicted octanol–water partition coefficient (Wildman–Crippen LogP) is 1.84. The lowest BCUT2D eigenvalue weighted by molar-refractivity contribution is 0.261. The van der Waals surface area contributed by atoms with Crippen molar-refractivity contribution in [2.45, 2.75) is 39.7 Å². The molecule has 1 aromatic rings. The van der Waals surface area contributed by atoms with Gasteiger partial charge in [-0.1, -0.05) is 13.8 Å². The molecule has 21 heavy (non-hydrogen) atoms. The molecule has 1 aromatic heterocycles. The van der Waals surface area contributed by atoms with Crippen LogP contribution in [0.25, 0.3) is 0 Å². The molecular weight excluding hydrogens is 268 g/mol. The first-order valence-electron chi connectivity index (χ1n) is 7.61. The minimum absolute atomic E-state index is 0.356. The summed E-state index contributed by atoms with van der Waals surface area (Å²) in [4.78, 5) is 15.0. The van der Waals surface area contributed by atoms with Crippen LogP contribution in [0.3, 0.4) is 0 Å². The minimum atomic E-state index is 0.356. The maximum absolute atomic E-state index is 5.47. The number of hydrogen-bond acceptors (Lipinski definition) is 7. The standard InChI is InChI=1S/C14H28N6O/c1-6-10-21-14-18-12(15-4)17-13(19-14)16-8-9-20(5)11(3)7-2/h11H,6-10H2,1-5H3,(H2,15,16,17,18,19).